The molecular formula is C22H24N2S. The maximum Gasteiger partial charge on any atom is 0.167 e. The number of thiocarbonyl (C=S) groups is 1. The minimum absolute atomic E-state index is 0.178. The van der Waals surface area contributed by atoms with Crippen LogP contribution in [0.3, 0.4) is 0 Å². The van der Waals surface area contributed by atoms with E-state index in [9.17, 15) is 0 Å². The first-order valence-electron chi connectivity index (χ1n) is 9.12. The zero-order chi connectivity index (χ0) is 17.1. The van der Waals surface area contributed by atoms with Crippen LogP contribution in [-0.4, -0.2) is 11.2 Å². The van der Waals surface area contributed by atoms with Gasteiger partial charge in [-0.25, -0.2) is 0 Å². The molecule has 2 N–H and O–H groups in total. The van der Waals surface area contributed by atoms with Crippen LogP contribution in [-0.2, 0) is 6.42 Å². The van der Waals surface area contributed by atoms with E-state index >= 15 is 0 Å². The summed E-state index contributed by atoms with van der Waals surface area (Å²) >= 11 is 5.65. The lowest BCUT2D eigenvalue weighted by atomic mass is 9.99. The third-order valence-electron chi connectivity index (χ3n) is 5.39. The maximum absolute atomic E-state index is 5.65. The SMILES string of the molecule is S=C(N[C@H]1C[C@H]2C=C[C@H]1C2)N[C@H](Cc1ccccc1)c1ccccc1. The Morgan fingerprint density at radius 2 is 1.68 bits per heavy atom. The number of hydrogen-bond acceptors (Lipinski definition) is 1. The summed E-state index contributed by atoms with van der Waals surface area (Å²) in [6, 6.07) is 21.8. The van der Waals surface area contributed by atoms with Crippen molar-refractivity contribution in [3.05, 3.63) is 83.9 Å². The molecule has 0 amide bonds. The van der Waals surface area contributed by atoms with Crippen molar-refractivity contribution < 1.29 is 0 Å². The van der Waals surface area contributed by atoms with Crippen molar-refractivity contribution in [3.63, 3.8) is 0 Å². The fourth-order valence-electron chi connectivity index (χ4n) is 4.10. The second kappa shape index (κ2) is 7.40. The summed E-state index contributed by atoms with van der Waals surface area (Å²) in [4.78, 5) is 0. The second-order valence-corrected chi connectivity index (χ2v) is 7.57. The van der Waals surface area contributed by atoms with E-state index < -0.39 is 0 Å². The topological polar surface area (TPSA) is 24.1 Å². The van der Waals surface area contributed by atoms with Crippen molar-refractivity contribution in [3.8, 4) is 0 Å². The van der Waals surface area contributed by atoms with Gasteiger partial charge in [0.25, 0.3) is 0 Å². The number of benzene rings is 2. The van der Waals surface area contributed by atoms with Crippen LogP contribution in [0, 0.1) is 11.8 Å². The minimum atomic E-state index is 0.178. The third-order valence-corrected chi connectivity index (χ3v) is 5.62. The average Bonchev–Trinajstić information content (AvgIpc) is 3.26. The average molecular weight is 349 g/mol. The van der Waals surface area contributed by atoms with Crippen LogP contribution in [0.4, 0.5) is 0 Å². The van der Waals surface area contributed by atoms with Gasteiger partial charge in [0.1, 0.15) is 0 Å². The Labute approximate surface area is 155 Å². The first-order valence-corrected chi connectivity index (χ1v) is 9.53. The molecule has 3 heteroatoms. The Bertz CT molecular complexity index is 741. The van der Waals surface area contributed by atoms with Crippen molar-refractivity contribution in [2.24, 2.45) is 11.8 Å². The Morgan fingerprint density at radius 1 is 0.960 bits per heavy atom. The molecule has 0 aliphatic heterocycles. The molecule has 25 heavy (non-hydrogen) atoms. The Hall–Kier alpha value is -2.13. The highest BCUT2D eigenvalue weighted by Gasteiger charge is 2.36. The van der Waals surface area contributed by atoms with Crippen molar-refractivity contribution in [2.45, 2.75) is 31.3 Å². The van der Waals surface area contributed by atoms with Crippen LogP contribution in [0.1, 0.15) is 30.0 Å². The zero-order valence-corrected chi connectivity index (χ0v) is 15.1. The van der Waals surface area contributed by atoms with Crippen LogP contribution in [0.5, 0.6) is 0 Å². The molecule has 4 atom stereocenters. The maximum atomic E-state index is 5.65. The second-order valence-electron chi connectivity index (χ2n) is 7.16. The van der Waals surface area contributed by atoms with Crippen LogP contribution in [0.2, 0.25) is 0 Å². The van der Waals surface area contributed by atoms with Crippen LogP contribution in [0.25, 0.3) is 0 Å². The lowest BCUT2D eigenvalue weighted by molar-refractivity contribution is 0.511. The monoisotopic (exact) mass is 348 g/mol. The molecular weight excluding hydrogens is 324 g/mol. The van der Waals surface area contributed by atoms with E-state index in [1.165, 1.54) is 24.0 Å². The summed E-state index contributed by atoms with van der Waals surface area (Å²) in [7, 11) is 0. The number of fused-ring (bicyclic) bond motifs is 2. The van der Waals surface area contributed by atoms with E-state index in [-0.39, 0.29) is 6.04 Å². The number of allylic oxidation sites excluding steroid dienone is 1. The smallest absolute Gasteiger partial charge is 0.167 e. The quantitative estimate of drug-likeness (QED) is 0.619. The van der Waals surface area contributed by atoms with E-state index in [2.05, 4.69) is 83.4 Å². The molecule has 2 aromatic rings. The first kappa shape index (κ1) is 16.3. The molecule has 1 fully saturated rings. The molecule has 0 heterocycles. The third kappa shape index (κ3) is 3.93. The van der Waals surface area contributed by atoms with Crippen LogP contribution < -0.4 is 10.6 Å². The molecule has 128 valence electrons. The van der Waals surface area contributed by atoms with Crippen molar-refractivity contribution >= 4 is 17.3 Å². The largest absolute Gasteiger partial charge is 0.359 e. The summed E-state index contributed by atoms with van der Waals surface area (Å²) < 4.78 is 0. The standard InChI is InChI=1S/C22H24N2S/c25-22(24-21-15-17-11-12-19(21)13-17)23-20(18-9-5-2-6-10-18)14-16-7-3-1-4-8-16/h1-12,17,19-21H,13-15H2,(H2,23,24,25)/t17-,19-,20+,21-/m0/s1. The molecule has 0 aromatic heterocycles. The predicted molar refractivity (Wildman–Crippen MR) is 107 cm³/mol. The molecule has 2 aromatic carbocycles. The summed E-state index contributed by atoms with van der Waals surface area (Å²) in [6.07, 6.45) is 8.13. The molecule has 0 spiro atoms. The van der Waals surface area contributed by atoms with E-state index in [4.69, 9.17) is 12.2 Å². The van der Waals surface area contributed by atoms with Gasteiger partial charge in [0.2, 0.25) is 0 Å². The van der Waals surface area contributed by atoms with Crippen molar-refractivity contribution in [1.82, 2.24) is 10.6 Å². The van der Waals surface area contributed by atoms with Gasteiger partial charge in [0.15, 0.2) is 5.11 Å². The van der Waals surface area contributed by atoms with Crippen LogP contribution in [0.15, 0.2) is 72.8 Å². The molecule has 0 saturated heterocycles. The fourth-order valence-corrected chi connectivity index (χ4v) is 4.40. The van der Waals surface area contributed by atoms with Crippen molar-refractivity contribution in [1.29, 1.82) is 0 Å². The highest BCUT2D eigenvalue weighted by Crippen LogP contribution is 2.38. The van der Waals surface area contributed by atoms with Gasteiger partial charge in [-0.15, -0.1) is 0 Å². The Kier molecular flexibility index (Phi) is 4.84. The summed E-state index contributed by atoms with van der Waals surface area (Å²) in [5.41, 5.74) is 2.58. The van der Waals surface area contributed by atoms with E-state index in [0.717, 1.165) is 17.5 Å². The molecule has 4 rings (SSSR count). The molecule has 2 bridgehead atoms. The fraction of sp³-hybridized carbons (Fsp3) is 0.318. The minimum Gasteiger partial charge on any atom is -0.359 e. The summed E-state index contributed by atoms with van der Waals surface area (Å²) in [6.45, 7) is 0. The molecule has 0 radical (unpaired) electrons. The summed E-state index contributed by atoms with van der Waals surface area (Å²) in [5.74, 6) is 1.40. The Morgan fingerprint density at radius 3 is 2.32 bits per heavy atom. The van der Waals surface area contributed by atoms with Gasteiger partial charge in [-0.2, -0.15) is 0 Å². The van der Waals surface area contributed by atoms with Gasteiger partial charge < -0.3 is 10.6 Å². The molecule has 2 aliphatic carbocycles. The summed E-state index contributed by atoms with van der Waals surface area (Å²) in [5, 5.41) is 7.90. The van der Waals surface area contributed by atoms with Gasteiger partial charge in [0.05, 0.1) is 6.04 Å². The van der Waals surface area contributed by atoms with E-state index in [1.54, 1.807) is 0 Å². The Balaban J connectivity index is 1.44. The number of nitrogens with one attached hydrogen (secondary N) is 2. The molecule has 0 unspecified atom stereocenters. The van der Waals surface area contributed by atoms with Gasteiger partial charge >= 0.3 is 0 Å². The van der Waals surface area contributed by atoms with Gasteiger partial charge in [-0.05, 0) is 54.4 Å². The van der Waals surface area contributed by atoms with Gasteiger partial charge in [-0.3, -0.25) is 0 Å². The van der Waals surface area contributed by atoms with Crippen molar-refractivity contribution in [2.75, 3.05) is 0 Å². The highest BCUT2D eigenvalue weighted by molar-refractivity contribution is 7.80. The molecule has 2 aliphatic rings. The van der Waals surface area contributed by atoms with E-state index in [1.807, 2.05) is 0 Å². The lowest BCUT2D eigenvalue weighted by Gasteiger charge is -2.26. The first-order chi connectivity index (χ1) is 12.3. The van der Waals surface area contributed by atoms with E-state index in [0.29, 0.717) is 12.0 Å². The van der Waals surface area contributed by atoms with Gasteiger partial charge in [0, 0.05) is 6.04 Å². The van der Waals surface area contributed by atoms with Gasteiger partial charge in [-0.1, -0.05) is 72.8 Å². The number of rotatable bonds is 5. The highest BCUT2D eigenvalue weighted by atomic mass is 32.1. The normalized spacial score (nSPS) is 24.9. The zero-order valence-electron chi connectivity index (χ0n) is 14.3. The molecule has 2 nitrogen and oxygen atoms in total. The number of hydrogen-bond donors (Lipinski definition) is 2. The lowest BCUT2D eigenvalue weighted by Crippen LogP contribution is -2.45. The van der Waals surface area contributed by atoms with Crippen LogP contribution >= 0.6 is 12.2 Å². The predicted octanol–water partition coefficient (Wildman–Crippen LogP) is 4.40. The molecule has 1 saturated carbocycles.